The van der Waals surface area contributed by atoms with E-state index >= 15 is 0 Å². The molecule has 1 N–H and O–H groups in total. The van der Waals surface area contributed by atoms with E-state index in [1.165, 1.54) is 5.56 Å². The number of furan rings is 1. The smallest absolute Gasteiger partial charge is 0.0950 e. The quantitative estimate of drug-likeness (QED) is 0.732. The molecule has 0 amide bonds. The van der Waals surface area contributed by atoms with Gasteiger partial charge in [0.15, 0.2) is 0 Å². The molecule has 0 aliphatic carbocycles. The maximum atomic E-state index is 5.05. The fraction of sp³-hybridized carbons (Fsp3) is 0.600. The topological polar surface area (TPSA) is 25.2 Å². The van der Waals surface area contributed by atoms with Crippen LogP contribution < -0.4 is 5.32 Å². The molecule has 0 radical (unpaired) electrons. The minimum atomic E-state index is 0.221. The summed E-state index contributed by atoms with van der Waals surface area (Å²) in [6.07, 6.45) is 3.51. The molecular formula is C10H17NO. The molecule has 12 heavy (non-hydrogen) atoms. The molecule has 1 atom stereocenters. The third-order valence-corrected chi connectivity index (χ3v) is 2.03. The van der Waals surface area contributed by atoms with E-state index in [2.05, 4.69) is 26.1 Å². The lowest BCUT2D eigenvalue weighted by molar-refractivity contribution is 0.285. The first-order chi connectivity index (χ1) is 5.55. The summed E-state index contributed by atoms with van der Waals surface area (Å²) in [5.74, 6) is 0. The average Bonchev–Trinajstić information content (AvgIpc) is 2.38. The SMILES string of the molecule is CNC(c1ccoc1)C(C)(C)C. The van der Waals surface area contributed by atoms with Crippen molar-refractivity contribution in [1.82, 2.24) is 5.32 Å². The van der Waals surface area contributed by atoms with Gasteiger partial charge in [0, 0.05) is 11.6 Å². The summed E-state index contributed by atoms with van der Waals surface area (Å²) in [7, 11) is 1.98. The predicted molar refractivity (Wildman–Crippen MR) is 50.0 cm³/mol. The highest BCUT2D eigenvalue weighted by Crippen LogP contribution is 2.32. The molecule has 1 rings (SSSR count). The molecule has 1 unspecified atom stereocenters. The molecular weight excluding hydrogens is 150 g/mol. The van der Waals surface area contributed by atoms with Crippen LogP contribution in [0.1, 0.15) is 32.4 Å². The molecule has 1 aromatic heterocycles. The molecule has 1 heterocycles. The van der Waals surface area contributed by atoms with Gasteiger partial charge in [0.1, 0.15) is 0 Å². The van der Waals surface area contributed by atoms with E-state index < -0.39 is 0 Å². The summed E-state index contributed by atoms with van der Waals surface area (Å²) >= 11 is 0. The molecule has 0 aliphatic heterocycles. The van der Waals surface area contributed by atoms with Gasteiger partial charge < -0.3 is 9.73 Å². The highest BCUT2D eigenvalue weighted by atomic mass is 16.3. The van der Waals surface area contributed by atoms with Gasteiger partial charge in [0.2, 0.25) is 0 Å². The van der Waals surface area contributed by atoms with Crippen LogP contribution in [-0.4, -0.2) is 7.05 Å². The first-order valence-electron chi connectivity index (χ1n) is 4.25. The Bertz CT molecular complexity index is 220. The van der Waals surface area contributed by atoms with Gasteiger partial charge in [-0.25, -0.2) is 0 Å². The van der Waals surface area contributed by atoms with Crippen LogP contribution in [-0.2, 0) is 0 Å². The Balaban J connectivity index is 2.84. The molecule has 0 saturated carbocycles. The lowest BCUT2D eigenvalue weighted by atomic mass is 9.83. The predicted octanol–water partition coefficient (Wildman–Crippen LogP) is 2.59. The monoisotopic (exact) mass is 167 g/mol. The second-order valence-electron chi connectivity index (χ2n) is 4.14. The van der Waals surface area contributed by atoms with Crippen LogP contribution in [0.25, 0.3) is 0 Å². The van der Waals surface area contributed by atoms with Gasteiger partial charge >= 0.3 is 0 Å². The molecule has 0 fully saturated rings. The van der Waals surface area contributed by atoms with Gasteiger partial charge in [0.05, 0.1) is 12.5 Å². The fourth-order valence-electron chi connectivity index (χ4n) is 1.54. The zero-order valence-corrected chi connectivity index (χ0v) is 8.22. The van der Waals surface area contributed by atoms with E-state index in [9.17, 15) is 0 Å². The standard InChI is InChI=1S/C10H17NO/c1-10(2,3)9(11-4)8-5-6-12-7-8/h5-7,9,11H,1-4H3. The lowest BCUT2D eigenvalue weighted by Gasteiger charge is -2.29. The largest absolute Gasteiger partial charge is 0.472 e. The summed E-state index contributed by atoms with van der Waals surface area (Å²) in [5.41, 5.74) is 1.43. The molecule has 2 nitrogen and oxygen atoms in total. The van der Waals surface area contributed by atoms with Crippen LogP contribution in [0.5, 0.6) is 0 Å². The fourth-order valence-corrected chi connectivity index (χ4v) is 1.54. The first-order valence-corrected chi connectivity index (χ1v) is 4.25. The molecule has 0 bridgehead atoms. The number of hydrogen-bond acceptors (Lipinski definition) is 2. The van der Waals surface area contributed by atoms with Gasteiger partial charge in [-0.2, -0.15) is 0 Å². The summed E-state index contributed by atoms with van der Waals surface area (Å²) in [4.78, 5) is 0. The maximum Gasteiger partial charge on any atom is 0.0950 e. The van der Waals surface area contributed by atoms with Gasteiger partial charge in [-0.15, -0.1) is 0 Å². The average molecular weight is 167 g/mol. The van der Waals surface area contributed by atoms with E-state index in [0.717, 1.165) is 0 Å². The second-order valence-corrected chi connectivity index (χ2v) is 4.14. The van der Waals surface area contributed by atoms with E-state index in [-0.39, 0.29) is 5.41 Å². The van der Waals surface area contributed by atoms with Crippen molar-refractivity contribution in [3.63, 3.8) is 0 Å². The third-order valence-electron chi connectivity index (χ3n) is 2.03. The Morgan fingerprint density at radius 3 is 2.42 bits per heavy atom. The zero-order chi connectivity index (χ0) is 9.19. The van der Waals surface area contributed by atoms with Crippen LogP contribution in [0.4, 0.5) is 0 Å². The number of rotatable bonds is 2. The van der Waals surface area contributed by atoms with Gasteiger partial charge in [-0.1, -0.05) is 20.8 Å². The van der Waals surface area contributed by atoms with Crippen molar-refractivity contribution in [3.8, 4) is 0 Å². The van der Waals surface area contributed by atoms with Crippen LogP contribution in [0.3, 0.4) is 0 Å². The van der Waals surface area contributed by atoms with Crippen LogP contribution in [0.2, 0.25) is 0 Å². The zero-order valence-electron chi connectivity index (χ0n) is 8.22. The summed E-state index contributed by atoms with van der Waals surface area (Å²) in [6, 6.07) is 2.36. The molecule has 0 aliphatic rings. The van der Waals surface area contributed by atoms with Crippen molar-refractivity contribution in [1.29, 1.82) is 0 Å². The molecule has 0 saturated heterocycles. The van der Waals surface area contributed by atoms with E-state index in [1.807, 2.05) is 13.1 Å². The van der Waals surface area contributed by atoms with Gasteiger partial charge in [0.25, 0.3) is 0 Å². The molecule has 68 valence electrons. The lowest BCUT2D eigenvalue weighted by Crippen LogP contribution is -2.29. The Kier molecular flexibility index (Phi) is 2.58. The Morgan fingerprint density at radius 1 is 1.42 bits per heavy atom. The molecule has 2 heteroatoms. The molecule has 0 spiro atoms. The normalized spacial score (nSPS) is 14.7. The summed E-state index contributed by atoms with van der Waals surface area (Å²) < 4.78 is 5.05. The number of nitrogens with one attached hydrogen (secondary N) is 1. The highest BCUT2D eigenvalue weighted by Gasteiger charge is 2.24. The van der Waals surface area contributed by atoms with Gasteiger partial charge in [-0.05, 0) is 18.5 Å². The minimum absolute atomic E-state index is 0.221. The van der Waals surface area contributed by atoms with E-state index in [0.29, 0.717) is 6.04 Å². The highest BCUT2D eigenvalue weighted by molar-refractivity contribution is 5.13. The molecule has 0 aromatic carbocycles. The summed E-state index contributed by atoms with van der Waals surface area (Å²) in [6.45, 7) is 6.63. The van der Waals surface area contributed by atoms with Crippen LogP contribution >= 0.6 is 0 Å². The van der Waals surface area contributed by atoms with Crippen LogP contribution in [0, 0.1) is 5.41 Å². The maximum absolute atomic E-state index is 5.05. The van der Waals surface area contributed by atoms with Crippen molar-refractivity contribution in [3.05, 3.63) is 24.2 Å². The summed E-state index contributed by atoms with van der Waals surface area (Å²) in [5, 5.41) is 3.28. The van der Waals surface area contributed by atoms with Crippen molar-refractivity contribution in [2.45, 2.75) is 26.8 Å². The first kappa shape index (κ1) is 9.33. The minimum Gasteiger partial charge on any atom is -0.472 e. The Morgan fingerprint density at radius 2 is 2.08 bits per heavy atom. The van der Waals surface area contributed by atoms with Gasteiger partial charge in [-0.3, -0.25) is 0 Å². The van der Waals surface area contributed by atoms with E-state index in [4.69, 9.17) is 4.42 Å². The van der Waals surface area contributed by atoms with Crippen molar-refractivity contribution >= 4 is 0 Å². The third kappa shape index (κ3) is 1.89. The Hall–Kier alpha value is -0.760. The second kappa shape index (κ2) is 3.31. The van der Waals surface area contributed by atoms with Crippen molar-refractivity contribution < 1.29 is 4.42 Å². The van der Waals surface area contributed by atoms with Crippen molar-refractivity contribution in [2.75, 3.05) is 7.05 Å². The van der Waals surface area contributed by atoms with Crippen molar-refractivity contribution in [2.24, 2.45) is 5.41 Å². The van der Waals surface area contributed by atoms with Crippen LogP contribution in [0.15, 0.2) is 23.0 Å². The molecule has 1 aromatic rings. The van der Waals surface area contributed by atoms with E-state index in [1.54, 1.807) is 12.5 Å². The number of hydrogen-bond donors (Lipinski definition) is 1. The Labute approximate surface area is 74.0 Å².